The van der Waals surface area contributed by atoms with Crippen LogP contribution < -0.4 is 5.73 Å². The molecular formula is C21H20N4OS2. The van der Waals surface area contributed by atoms with Gasteiger partial charge in [-0.25, -0.2) is 9.97 Å². The highest BCUT2D eigenvalue weighted by molar-refractivity contribution is 8.00. The number of nitrogens with one attached hydrogen (secondary N) is 1. The van der Waals surface area contributed by atoms with E-state index < -0.39 is 0 Å². The van der Waals surface area contributed by atoms with Gasteiger partial charge in [0.05, 0.1) is 10.6 Å². The number of para-hydroxylation sites is 1. The summed E-state index contributed by atoms with van der Waals surface area (Å²) in [6, 6.07) is 7.84. The number of aryl methyl sites for hydroxylation is 2. The Kier molecular flexibility index (Phi) is 4.36. The first kappa shape index (κ1) is 17.7. The number of carbonyl (C=O) groups is 1. The van der Waals surface area contributed by atoms with Gasteiger partial charge in [-0.15, -0.1) is 11.3 Å². The maximum atomic E-state index is 13.0. The zero-order chi connectivity index (χ0) is 19.3. The minimum Gasteiger partial charge on any atom is -0.383 e. The molecule has 1 unspecified atom stereocenters. The van der Waals surface area contributed by atoms with Crippen molar-refractivity contribution in [3.05, 3.63) is 46.5 Å². The summed E-state index contributed by atoms with van der Waals surface area (Å²) in [6.07, 6.45) is 6.38. The smallest absolute Gasteiger partial charge is 0.191 e. The minimum absolute atomic E-state index is 0.0650. The van der Waals surface area contributed by atoms with Gasteiger partial charge in [0, 0.05) is 27.5 Å². The highest BCUT2D eigenvalue weighted by atomic mass is 32.2. The molecule has 28 heavy (non-hydrogen) atoms. The molecule has 5 rings (SSSR count). The van der Waals surface area contributed by atoms with Crippen LogP contribution in [0.2, 0.25) is 0 Å². The average molecular weight is 409 g/mol. The van der Waals surface area contributed by atoms with Crippen molar-refractivity contribution < 1.29 is 4.79 Å². The number of thiophene rings is 1. The van der Waals surface area contributed by atoms with Gasteiger partial charge in [-0.05, 0) is 44.2 Å². The molecule has 142 valence electrons. The van der Waals surface area contributed by atoms with E-state index in [0.29, 0.717) is 16.5 Å². The van der Waals surface area contributed by atoms with Crippen LogP contribution >= 0.6 is 23.1 Å². The molecule has 1 atom stereocenters. The number of anilines is 1. The molecule has 0 fully saturated rings. The first-order chi connectivity index (χ1) is 13.6. The number of rotatable bonds is 4. The number of aromatic nitrogens is 3. The van der Waals surface area contributed by atoms with Crippen molar-refractivity contribution in [2.24, 2.45) is 0 Å². The molecule has 0 aliphatic heterocycles. The molecule has 5 nitrogen and oxygen atoms in total. The van der Waals surface area contributed by atoms with E-state index >= 15 is 0 Å². The summed E-state index contributed by atoms with van der Waals surface area (Å²) in [4.78, 5) is 27.8. The zero-order valence-corrected chi connectivity index (χ0v) is 17.1. The van der Waals surface area contributed by atoms with Gasteiger partial charge in [0.1, 0.15) is 10.6 Å². The number of ketones is 1. The lowest BCUT2D eigenvalue weighted by atomic mass is 9.97. The van der Waals surface area contributed by atoms with E-state index in [1.807, 2.05) is 31.2 Å². The topological polar surface area (TPSA) is 84.7 Å². The summed E-state index contributed by atoms with van der Waals surface area (Å²) in [5, 5.41) is 2.25. The van der Waals surface area contributed by atoms with Crippen LogP contribution in [-0.4, -0.2) is 26.0 Å². The van der Waals surface area contributed by atoms with E-state index in [1.54, 1.807) is 17.5 Å². The second-order valence-corrected chi connectivity index (χ2v) is 9.55. The van der Waals surface area contributed by atoms with Gasteiger partial charge >= 0.3 is 0 Å². The van der Waals surface area contributed by atoms with Gasteiger partial charge in [0.15, 0.2) is 10.9 Å². The van der Waals surface area contributed by atoms with Crippen LogP contribution in [-0.2, 0) is 12.8 Å². The predicted octanol–water partition coefficient (Wildman–Crippen LogP) is 5.00. The first-order valence-electron chi connectivity index (χ1n) is 9.46. The first-order valence-corrected chi connectivity index (χ1v) is 11.2. The summed E-state index contributed by atoms with van der Waals surface area (Å²) < 4.78 is 0. The monoisotopic (exact) mass is 408 g/mol. The van der Waals surface area contributed by atoms with Crippen molar-refractivity contribution >= 4 is 55.8 Å². The number of Topliss-reactive ketones (excluding diaryl/α,β-unsaturated/α-hetero) is 1. The van der Waals surface area contributed by atoms with E-state index in [0.717, 1.165) is 34.0 Å². The Balaban J connectivity index is 1.45. The molecule has 7 heteroatoms. The molecule has 0 bridgehead atoms. The molecule has 3 aromatic heterocycles. The number of nitrogens with two attached hydrogens (primary N) is 1. The van der Waals surface area contributed by atoms with Crippen molar-refractivity contribution in [3.63, 3.8) is 0 Å². The summed E-state index contributed by atoms with van der Waals surface area (Å²) in [7, 11) is 0. The summed E-state index contributed by atoms with van der Waals surface area (Å²) in [6.45, 7) is 1.90. The van der Waals surface area contributed by atoms with Crippen LogP contribution in [0, 0.1) is 0 Å². The highest BCUT2D eigenvalue weighted by Gasteiger charge is 2.24. The number of hydrogen-bond acceptors (Lipinski definition) is 6. The molecule has 0 radical (unpaired) electrons. The largest absolute Gasteiger partial charge is 0.383 e. The van der Waals surface area contributed by atoms with Gasteiger partial charge < -0.3 is 10.7 Å². The van der Waals surface area contributed by atoms with Crippen LogP contribution in [0.15, 0.2) is 35.6 Å². The molecule has 1 aromatic carbocycles. The van der Waals surface area contributed by atoms with E-state index in [-0.39, 0.29) is 11.0 Å². The SMILES string of the molecule is CC(Sc1nc(N)c2c3c(sc2n1)CCCC3)C(=O)c1c[nH]c2ccccc12. The van der Waals surface area contributed by atoms with Crippen LogP contribution in [0.4, 0.5) is 5.82 Å². The number of benzene rings is 1. The third-order valence-electron chi connectivity index (χ3n) is 5.33. The standard InChI is InChI=1S/C21H20N4OS2/c1-11(18(26)14-10-23-15-8-4-2-6-12(14)15)27-21-24-19(22)17-13-7-3-5-9-16(13)28-20(17)25-21/h2,4,6,8,10-11,23H,3,5,7,9H2,1H3,(H2,22,24,25). The number of hydrogen-bond donors (Lipinski definition) is 2. The van der Waals surface area contributed by atoms with Gasteiger partial charge in [-0.1, -0.05) is 30.0 Å². The van der Waals surface area contributed by atoms with Gasteiger partial charge in [-0.2, -0.15) is 0 Å². The van der Waals surface area contributed by atoms with Crippen molar-refractivity contribution in [1.29, 1.82) is 0 Å². The lowest BCUT2D eigenvalue weighted by Crippen LogP contribution is -2.14. The molecule has 4 aromatic rings. The van der Waals surface area contributed by atoms with E-state index in [4.69, 9.17) is 10.7 Å². The molecular weight excluding hydrogens is 388 g/mol. The van der Waals surface area contributed by atoms with Gasteiger partial charge in [0.2, 0.25) is 0 Å². The van der Waals surface area contributed by atoms with Gasteiger partial charge in [-0.3, -0.25) is 4.79 Å². The quantitative estimate of drug-likeness (QED) is 0.282. The summed E-state index contributed by atoms with van der Waals surface area (Å²) in [5.41, 5.74) is 9.31. The Morgan fingerprint density at radius 1 is 1.25 bits per heavy atom. The minimum atomic E-state index is -0.300. The number of carbonyl (C=O) groups excluding carboxylic acids is 1. The lowest BCUT2D eigenvalue weighted by molar-refractivity contribution is 0.0995. The van der Waals surface area contributed by atoms with Crippen LogP contribution in [0.1, 0.15) is 40.6 Å². The number of fused-ring (bicyclic) bond motifs is 4. The predicted molar refractivity (Wildman–Crippen MR) is 116 cm³/mol. The Morgan fingerprint density at radius 3 is 2.96 bits per heavy atom. The molecule has 0 saturated heterocycles. The van der Waals surface area contributed by atoms with Crippen LogP contribution in [0.3, 0.4) is 0 Å². The molecule has 1 aliphatic rings. The number of nitrogens with zero attached hydrogens (tertiary/aromatic N) is 2. The summed E-state index contributed by atoms with van der Waals surface area (Å²) in [5.74, 6) is 0.605. The van der Waals surface area contributed by atoms with Crippen LogP contribution in [0.25, 0.3) is 21.1 Å². The number of aromatic amines is 1. The van der Waals surface area contributed by atoms with E-state index in [2.05, 4.69) is 9.97 Å². The molecule has 3 heterocycles. The second kappa shape index (κ2) is 6.90. The zero-order valence-electron chi connectivity index (χ0n) is 15.5. The fraction of sp³-hybridized carbons (Fsp3) is 0.286. The number of thioether (sulfide) groups is 1. The maximum Gasteiger partial charge on any atom is 0.191 e. The molecule has 0 spiro atoms. The third-order valence-corrected chi connectivity index (χ3v) is 7.47. The Morgan fingerprint density at radius 2 is 2.07 bits per heavy atom. The Hall–Kier alpha value is -2.38. The average Bonchev–Trinajstić information content (AvgIpc) is 3.28. The van der Waals surface area contributed by atoms with Gasteiger partial charge in [0.25, 0.3) is 0 Å². The highest BCUT2D eigenvalue weighted by Crippen LogP contribution is 2.39. The fourth-order valence-electron chi connectivity index (χ4n) is 3.92. The Labute approximate surface area is 170 Å². The van der Waals surface area contributed by atoms with Crippen molar-refractivity contribution in [2.45, 2.75) is 43.0 Å². The maximum absolute atomic E-state index is 13.0. The van der Waals surface area contributed by atoms with Crippen molar-refractivity contribution in [1.82, 2.24) is 15.0 Å². The lowest BCUT2D eigenvalue weighted by Gasteiger charge is -2.11. The number of nitrogen functional groups attached to an aromatic ring is 1. The van der Waals surface area contributed by atoms with E-state index in [1.165, 1.54) is 35.0 Å². The van der Waals surface area contributed by atoms with Crippen molar-refractivity contribution in [3.8, 4) is 0 Å². The normalized spacial score (nSPS) is 15.0. The Bertz CT molecular complexity index is 1210. The second-order valence-electron chi connectivity index (χ2n) is 7.15. The van der Waals surface area contributed by atoms with Crippen LogP contribution in [0.5, 0.6) is 0 Å². The van der Waals surface area contributed by atoms with E-state index in [9.17, 15) is 4.79 Å². The fourth-order valence-corrected chi connectivity index (χ4v) is 6.10. The summed E-state index contributed by atoms with van der Waals surface area (Å²) >= 11 is 3.10. The molecule has 0 amide bonds. The molecule has 3 N–H and O–H groups in total. The molecule has 1 aliphatic carbocycles. The molecule has 0 saturated carbocycles. The van der Waals surface area contributed by atoms with Crippen molar-refractivity contribution in [2.75, 3.05) is 5.73 Å². The third kappa shape index (κ3) is 2.89. The number of H-pyrrole nitrogens is 1.